The van der Waals surface area contributed by atoms with Crippen LogP contribution in [-0.2, 0) is 18.8 Å². The average Bonchev–Trinajstić information content (AvgIpc) is 2.68. The van der Waals surface area contributed by atoms with E-state index in [0.717, 1.165) is 4.57 Å². The topological polar surface area (TPSA) is 114 Å². The smallest absolute Gasteiger partial charge is 0.330 e. The molecule has 8 nitrogen and oxygen atoms in total. The van der Waals surface area contributed by atoms with Crippen molar-refractivity contribution in [2.75, 3.05) is 6.61 Å². The van der Waals surface area contributed by atoms with Crippen LogP contribution in [0, 0.1) is 0 Å². The molecule has 1 aromatic rings. The summed E-state index contributed by atoms with van der Waals surface area (Å²) >= 11 is 0. The Balaban J connectivity index is 2.50. The highest BCUT2D eigenvalue weighted by Crippen LogP contribution is 2.31. The van der Waals surface area contributed by atoms with Gasteiger partial charge in [0.2, 0.25) is 0 Å². The van der Waals surface area contributed by atoms with Crippen LogP contribution in [-0.4, -0.2) is 49.4 Å². The Morgan fingerprint density at radius 3 is 2.42 bits per heavy atom. The van der Waals surface area contributed by atoms with Crippen LogP contribution in [0.15, 0.2) is 15.8 Å². The third-order valence-corrected chi connectivity index (χ3v) is 3.32. The van der Waals surface area contributed by atoms with Gasteiger partial charge in [0, 0.05) is 20.3 Å². The van der Waals surface area contributed by atoms with Gasteiger partial charge in [-0.3, -0.25) is 9.36 Å². The van der Waals surface area contributed by atoms with Crippen molar-refractivity contribution >= 4 is 0 Å². The van der Waals surface area contributed by atoms with E-state index in [2.05, 4.69) is 0 Å². The Kier molecular flexibility index (Phi) is 3.59. The number of aryl methyl sites for hydroxylation is 1. The molecule has 1 aromatic heterocycles. The maximum absolute atomic E-state index is 12.0. The maximum atomic E-state index is 12.0. The highest BCUT2D eigenvalue weighted by atomic mass is 16.6. The second kappa shape index (κ2) is 4.89. The van der Waals surface area contributed by atoms with Crippen molar-refractivity contribution < 1.29 is 20.1 Å². The van der Waals surface area contributed by atoms with Crippen molar-refractivity contribution in [3.8, 4) is 0 Å². The summed E-state index contributed by atoms with van der Waals surface area (Å²) < 4.78 is 7.35. The Morgan fingerprint density at radius 2 is 1.89 bits per heavy atom. The lowest BCUT2D eigenvalue weighted by molar-refractivity contribution is -0.0234. The normalized spacial score (nSPS) is 30.8. The number of aliphatic hydroxyl groups is 3. The Morgan fingerprint density at radius 1 is 1.26 bits per heavy atom. The van der Waals surface area contributed by atoms with Crippen molar-refractivity contribution in [2.24, 2.45) is 14.1 Å². The number of hydrogen-bond donors (Lipinski definition) is 3. The molecular weight excluding hydrogens is 256 g/mol. The fourth-order valence-electron chi connectivity index (χ4n) is 2.19. The molecule has 0 radical (unpaired) electrons. The number of aliphatic hydroxyl groups excluding tert-OH is 3. The molecular formula is C11H16N2O6. The van der Waals surface area contributed by atoms with E-state index < -0.39 is 42.3 Å². The standard InChI is InChI=1S/C11H16N2O6/c1-12-3-5(10(17)13(2)11(12)18)9-8(16)7(15)6(4-14)19-9/h3,6-9,14-16H,4H2,1-2H3. The zero-order valence-electron chi connectivity index (χ0n) is 10.6. The fraction of sp³-hybridized carbons (Fsp3) is 0.636. The van der Waals surface area contributed by atoms with Gasteiger partial charge in [0.25, 0.3) is 5.56 Å². The molecule has 4 unspecified atom stereocenters. The van der Waals surface area contributed by atoms with Gasteiger partial charge in [-0.05, 0) is 0 Å². The minimum absolute atomic E-state index is 0.0621. The number of aromatic nitrogens is 2. The van der Waals surface area contributed by atoms with Crippen molar-refractivity contribution in [1.29, 1.82) is 0 Å². The first-order valence-corrected chi connectivity index (χ1v) is 5.77. The summed E-state index contributed by atoms with van der Waals surface area (Å²) in [7, 11) is 2.78. The molecule has 0 amide bonds. The predicted molar refractivity (Wildman–Crippen MR) is 63.6 cm³/mol. The predicted octanol–water partition coefficient (Wildman–Crippen LogP) is -2.76. The Bertz CT molecular complexity index is 592. The van der Waals surface area contributed by atoms with E-state index >= 15 is 0 Å². The van der Waals surface area contributed by atoms with E-state index in [0.29, 0.717) is 0 Å². The second-order valence-electron chi connectivity index (χ2n) is 4.60. The van der Waals surface area contributed by atoms with Crippen LogP contribution in [0.1, 0.15) is 11.7 Å². The minimum atomic E-state index is -1.33. The molecule has 2 rings (SSSR count). The molecule has 0 aliphatic carbocycles. The van der Waals surface area contributed by atoms with E-state index in [4.69, 9.17) is 9.84 Å². The molecule has 4 atom stereocenters. The number of nitrogens with zero attached hydrogens (tertiary/aromatic N) is 2. The SMILES string of the molecule is Cn1cc(C2OC(CO)C(O)C2O)c(=O)n(C)c1=O. The van der Waals surface area contributed by atoms with Crippen LogP contribution in [0.25, 0.3) is 0 Å². The molecule has 3 N–H and O–H groups in total. The van der Waals surface area contributed by atoms with Gasteiger partial charge in [0.05, 0.1) is 12.2 Å². The van der Waals surface area contributed by atoms with E-state index in [1.807, 2.05) is 0 Å². The van der Waals surface area contributed by atoms with Crippen LogP contribution in [0.4, 0.5) is 0 Å². The van der Waals surface area contributed by atoms with Gasteiger partial charge < -0.3 is 24.6 Å². The van der Waals surface area contributed by atoms with Crippen LogP contribution >= 0.6 is 0 Å². The van der Waals surface area contributed by atoms with Crippen molar-refractivity contribution in [1.82, 2.24) is 9.13 Å². The summed E-state index contributed by atoms with van der Waals surface area (Å²) in [4.78, 5) is 23.5. The largest absolute Gasteiger partial charge is 0.394 e. The monoisotopic (exact) mass is 272 g/mol. The second-order valence-corrected chi connectivity index (χ2v) is 4.60. The first-order valence-electron chi connectivity index (χ1n) is 5.77. The van der Waals surface area contributed by atoms with Gasteiger partial charge in [-0.1, -0.05) is 0 Å². The van der Waals surface area contributed by atoms with Gasteiger partial charge >= 0.3 is 5.69 Å². The van der Waals surface area contributed by atoms with Gasteiger partial charge in [-0.15, -0.1) is 0 Å². The molecule has 8 heteroatoms. The third kappa shape index (κ3) is 2.12. The highest BCUT2D eigenvalue weighted by Gasteiger charge is 2.44. The highest BCUT2D eigenvalue weighted by molar-refractivity contribution is 5.14. The van der Waals surface area contributed by atoms with Crippen LogP contribution in [0.2, 0.25) is 0 Å². The zero-order valence-corrected chi connectivity index (χ0v) is 10.6. The summed E-state index contributed by atoms with van der Waals surface area (Å²) in [5.74, 6) is 0. The molecule has 1 fully saturated rings. The lowest BCUT2D eigenvalue weighted by Crippen LogP contribution is -2.40. The fourth-order valence-corrected chi connectivity index (χ4v) is 2.19. The van der Waals surface area contributed by atoms with E-state index in [-0.39, 0.29) is 5.56 Å². The summed E-state index contributed by atoms with van der Waals surface area (Å²) in [6, 6.07) is 0. The van der Waals surface area contributed by atoms with Gasteiger partial charge in [-0.2, -0.15) is 0 Å². The molecule has 0 saturated carbocycles. The number of rotatable bonds is 2. The quantitative estimate of drug-likeness (QED) is 0.537. The first kappa shape index (κ1) is 13.9. The third-order valence-electron chi connectivity index (χ3n) is 3.32. The van der Waals surface area contributed by atoms with Crippen molar-refractivity contribution in [3.05, 3.63) is 32.6 Å². The molecule has 2 heterocycles. The average molecular weight is 272 g/mol. The summed E-state index contributed by atoms with van der Waals surface area (Å²) in [6.45, 7) is -0.471. The van der Waals surface area contributed by atoms with Gasteiger partial charge in [0.1, 0.15) is 24.4 Å². The molecule has 106 valence electrons. The van der Waals surface area contributed by atoms with Crippen LogP contribution < -0.4 is 11.2 Å². The van der Waals surface area contributed by atoms with Gasteiger partial charge in [0.15, 0.2) is 0 Å². The summed E-state index contributed by atoms with van der Waals surface area (Å²) in [6.07, 6.45) is -3.37. The maximum Gasteiger partial charge on any atom is 0.330 e. The van der Waals surface area contributed by atoms with Crippen molar-refractivity contribution in [3.63, 3.8) is 0 Å². The molecule has 1 aliphatic heterocycles. The Hall–Kier alpha value is -1.48. The van der Waals surface area contributed by atoms with E-state index in [9.17, 15) is 19.8 Å². The molecule has 1 aliphatic rings. The number of hydrogen-bond acceptors (Lipinski definition) is 6. The molecule has 0 spiro atoms. The van der Waals surface area contributed by atoms with Gasteiger partial charge in [-0.25, -0.2) is 4.79 Å². The number of ether oxygens (including phenoxy) is 1. The summed E-state index contributed by atoms with van der Waals surface area (Å²) in [5, 5.41) is 28.5. The minimum Gasteiger partial charge on any atom is -0.394 e. The van der Waals surface area contributed by atoms with E-state index in [1.54, 1.807) is 0 Å². The van der Waals surface area contributed by atoms with E-state index in [1.165, 1.54) is 24.9 Å². The Labute approximate surface area is 108 Å². The summed E-state index contributed by atoms with van der Waals surface area (Å²) in [5.41, 5.74) is -1.04. The molecule has 0 aromatic carbocycles. The van der Waals surface area contributed by atoms with Crippen molar-refractivity contribution in [2.45, 2.75) is 24.4 Å². The lowest BCUT2D eigenvalue weighted by Gasteiger charge is -2.15. The molecule has 19 heavy (non-hydrogen) atoms. The lowest BCUT2D eigenvalue weighted by atomic mass is 10.0. The molecule has 0 bridgehead atoms. The first-order chi connectivity index (χ1) is 8.88. The van der Waals surface area contributed by atoms with Crippen LogP contribution in [0.5, 0.6) is 0 Å². The molecule has 1 saturated heterocycles. The van der Waals surface area contributed by atoms with Crippen LogP contribution in [0.3, 0.4) is 0 Å². The zero-order chi connectivity index (χ0) is 14.3.